The molecule has 1 saturated heterocycles. The largest absolute Gasteiger partial charge is 0.408 e. The van der Waals surface area contributed by atoms with Gasteiger partial charge in [-0.2, -0.15) is 18.2 Å². The number of anilines is 1. The highest BCUT2D eigenvalue weighted by Gasteiger charge is 2.36. The van der Waals surface area contributed by atoms with Crippen LogP contribution in [0.15, 0.2) is 24.5 Å². The zero-order valence-electron chi connectivity index (χ0n) is 19.0. The van der Waals surface area contributed by atoms with Crippen LogP contribution in [0.2, 0.25) is 0 Å². The van der Waals surface area contributed by atoms with Crippen LogP contribution in [0.4, 0.5) is 23.5 Å². The lowest BCUT2D eigenvalue weighted by atomic mass is 10.0. The lowest BCUT2D eigenvalue weighted by Crippen LogP contribution is -2.33. The summed E-state index contributed by atoms with van der Waals surface area (Å²) < 4.78 is 55.8. The zero-order chi connectivity index (χ0) is 24.2. The van der Waals surface area contributed by atoms with Crippen molar-refractivity contribution in [2.24, 2.45) is 0 Å². The number of imidazole rings is 1. The van der Waals surface area contributed by atoms with Crippen molar-refractivity contribution >= 4 is 28.0 Å². The molecule has 34 heavy (non-hydrogen) atoms. The van der Waals surface area contributed by atoms with Gasteiger partial charge >= 0.3 is 6.18 Å². The average molecular weight is 475 g/mol. The number of benzene rings is 1. The predicted molar refractivity (Wildman–Crippen MR) is 122 cm³/mol. The first-order valence-corrected chi connectivity index (χ1v) is 11.2. The molecule has 5 rings (SSSR count). The van der Waals surface area contributed by atoms with Crippen molar-refractivity contribution in [1.29, 1.82) is 0 Å². The van der Waals surface area contributed by atoms with E-state index in [-0.39, 0.29) is 12.0 Å². The van der Waals surface area contributed by atoms with Crippen molar-refractivity contribution in [3.05, 3.63) is 36.2 Å². The lowest BCUT2D eigenvalue weighted by Gasteiger charge is -2.30. The summed E-state index contributed by atoms with van der Waals surface area (Å²) in [6.45, 7) is 4.83. The van der Waals surface area contributed by atoms with Gasteiger partial charge in [-0.15, -0.1) is 0 Å². The number of fused-ring (bicyclic) bond motifs is 2. The Hall–Kier alpha value is -3.21. The minimum atomic E-state index is -4.42. The molecule has 0 amide bonds. The molecule has 0 bridgehead atoms. The molecule has 0 saturated carbocycles. The van der Waals surface area contributed by atoms with Crippen LogP contribution in [0.1, 0.15) is 31.6 Å². The number of piperidine rings is 1. The molecule has 0 aliphatic carbocycles. The molecule has 2 N–H and O–H groups in total. The molecule has 0 unspecified atom stereocenters. The number of rotatable bonds is 4. The predicted octanol–water partition coefficient (Wildman–Crippen LogP) is 5.05. The number of nitrogens with zero attached hydrogens (tertiary/aromatic N) is 5. The summed E-state index contributed by atoms with van der Waals surface area (Å²) in [5.74, 6) is 0.218. The van der Waals surface area contributed by atoms with Crippen LogP contribution in [0.25, 0.3) is 33.2 Å². The molecule has 1 aliphatic rings. The van der Waals surface area contributed by atoms with Gasteiger partial charge in [0.05, 0.1) is 5.52 Å². The third-order valence-electron chi connectivity index (χ3n) is 6.56. The number of alkyl halides is 3. The van der Waals surface area contributed by atoms with Crippen molar-refractivity contribution in [2.45, 2.75) is 44.9 Å². The van der Waals surface area contributed by atoms with Gasteiger partial charge in [0.2, 0.25) is 5.95 Å². The second-order valence-corrected chi connectivity index (χ2v) is 8.96. The molecule has 7 nitrogen and oxygen atoms in total. The average Bonchev–Trinajstić information content (AvgIpc) is 3.34. The fourth-order valence-electron chi connectivity index (χ4n) is 4.63. The molecule has 1 atom stereocenters. The van der Waals surface area contributed by atoms with Crippen LogP contribution < -0.4 is 5.32 Å². The van der Waals surface area contributed by atoms with Crippen molar-refractivity contribution in [2.75, 3.05) is 25.5 Å². The molecule has 0 spiro atoms. The molecule has 1 fully saturated rings. The highest BCUT2D eigenvalue weighted by atomic mass is 19.4. The fraction of sp³-hybridized carbons (Fsp3) is 0.435. The molecule has 180 valence electrons. The van der Waals surface area contributed by atoms with Gasteiger partial charge in [-0.1, -0.05) is 0 Å². The number of likely N-dealkylation sites (tertiary alicyclic amines) is 1. The van der Waals surface area contributed by atoms with Crippen LogP contribution in [-0.2, 0) is 0 Å². The second-order valence-electron chi connectivity index (χ2n) is 8.96. The van der Waals surface area contributed by atoms with Gasteiger partial charge in [-0.25, -0.2) is 14.4 Å². The molecule has 4 aromatic rings. The van der Waals surface area contributed by atoms with Gasteiger partial charge in [-0.3, -0.25) is 0 Å². The summed E-state index contributed by atoms with van der Waals surface area (Å²) in [6, 6.07) is 1.79. The van der Waals surface area contributed by atoms with Crippen LogP contribution in [0.5, 0.6) is 0 Å². The minimum Gasteiger partial charge on any atom is -0.345 e. The Morgan fingerprint density at radius 3 is 2.62 bits per heavy atom. The van der Waals surface area contributed by atoms with E-state index in [9.17, 15) is 13.2 Å². The van der Waals surface area contributed by atoms with E-state index in [0.717, 1.165) is 44.2 Å². The SMILES string of the molecule is Cc1nc2c(F)cc(-c3c[nH]c4nc(N[C@@H](C)C(F)(F)F)ncc34)cc2n1C1CCN(C)CC1. The number of hydrogen-bond donors (Lipinski definition) is 2. The van der Waals surface area contributed by atoms with Crippen LogP contribution in [0.3, 0.4) is 0 Å². The van der Waals surface area contributed by atoms with Crippen LogP contribution in [-0.4, -0.2) is 61.8 Å². The van der Waals surface area contributed by atoms with Gasteiger partial charge < -0.3 is 19.8 Å². The molecule has 3 aromatic heterocycles. The van der Waals surface area contributed by atoms with E-state index < -0.39 is 18.0 Å². The number of aryl methyl sites for hydroxylation is 1. The van der Waals surface area contributed by atoms with Crippen molar-refractivity contribution in [3.8, 4) is 11.1 Å². The van der Waals surface area contributed by atoms with Gasteiger partial charge in [0.25, 0.3) is 0 Å². The van der Waals surface area contributed by atoms with Crippen LogP contribution >= 0.6 is 0 Å². The van der Waals surface area contributed by atoms with Crippen LogP contribution in [0, 0.1) is 12.7 Å². The normalized spacial score (nSPS) is 17.0. The van der Waals surface area contributed by atoms with Crippen molar-refractivity contribution in [3.63, 3.8) is 0 Å². The Bertz CT molecular complexity index is 1350. The maximum atomic E-state index is 15.1. The topological polar surface area (TPSA) is 74.7 Å². The molecular weight excluding hydrogens is 450 g/mol. The molecule has 1 aliphatic heterocycles. The van der Waals surface area contributed by atoms with E-state index in [2.05, 4.69) is 41.8 Å². The Labute approximate surface area is 193 Å². The first-order valence-electron chi connectivity index (χ1n) is 11.2. The van der Waals surface area contributed by atoms with E-state index in [1.165, 1.54) is 12.3 Å². The number of hydrogen-bond acceptors (Lipinski definition) is 5. The molecule has 0 radical (unpaired) electrons. The summed E-state index contributed by atoms with van der Waals surface area (Å²) in [5, 5.41) is 2.85. The monoisotopic (exact) mass is 475 g/mol. The van der Waals surface area contributed by atoms with E-state index in [0.29, 0.717) is 27.7 Å². The van der Waals surface area contributed by atoms with Crippen molar-refractivity contribution in [1.82, 2.24) is 29.4 Å². The maximum Gasteiger partial charge on any atom is 0.408 e. The Morgan fingerprint density at radius 1 is 1.18 bits per heavy atom. The molecule has 4 heterocycles. The molecular formula is C23H25F4N7. The third kappa shape index (κ3) is 3.97. The number of aromatic nitrogens is 5. The first kappa shape index (κ1) is 22.6. The quantitative estimate of drug-likeness (QED) is 0.404. The maximum absolute atomic E-state index is 15.1. The van der Waals surface area contributed by atoms with E-state index in [4.69, 9.17) is 0 Å². The van der Waals surface area contributed by atoms with E-state index >= 15 is 4.39 Å². The summed E-state index contributed by atoms with van der Waals surface area (Å²) in [7, 11) is 2.09. The summed E-state index contributed by atoms with van der Waals surface area (Å²) in [6.07, 6.45) is 0.617. The van der Waals surface area contributed by atoms with E-state index in [1.807, 2.05) is 13.0 Å². The summed E-state index contributed by atoms with van der Waals surface area (Å²) in [5.41, 5.74) is 2.72. The smallest absolute Gasteiger partial charge is 0.345 e. The Morgan fingerprint density at radius 2 is 1.91 bits per heavy atom. The number of aromatic amines is 1. The number of nitrogens with one attached hydrogen (secondary N) is 2. The standard InChI is InChI=1S/C23H25F4N7/c1-12(23(25,26)27)30-22-29-11-17-16(10-28-21(17)32-22)14-8-18(24)20-19(9-14)34(13(2)31-20)15-4-6-33(3)7-5-15/h8-12,15H,4-7H2,1-3H3,(H2,28,29,30,32)/t12-/m0/s1. The molecule has 1 aromatic carbocycles. The van der Waals surface area contributed by atoms with Crippen molar-refractivity contribution < 1.29 is 17.6 Å². The number of halogens is 4. The lowest BCUT2D eigenvalue weighted by molar-refractivity contribution is -0.138. The zero-order valence-corrected chi connectivity index (χ0v) is 19.0. The Balaban J connectivity index is 1.54. The highest BCUT2D eigenvalue weighted by molar-refractivity contribution is 5.96. The summed E-state index contributed by atoms with van der Waals surface area (Å²) in [4.78, 5) is 18.0. The second kappa shape index (κ2) is 8.23. The number of H-pyrrole nitrogens is 1. The molecule has 11 heteroatoms. The fourth-order valence-corrected chi connectivity index (χ4v) is 4.63. The van der Waals surface area contributed by atoms with Gasteiger partial charge in [0.15, 0.2) is 5.82 Å². The first-order chi connectivity index (χ1) is 16.1. The van der Waals surface area contributed by atoms with Gasteiger partial charge in [-0.05, 0) is 64.5 Å². The van der Waals surface area contributed by atoms with Gasteiger partial charge in [0.1, 0.15) is 23.0 Å². The van der Waals surface area contributed by atoms with E-state index in [1.54, 1.807) is 6.20 Å². The summed E-state index contributed by atoms with van der Waals surface area (Å²) >= 11 is 0. The minimum absolute atomic E-state index is 0.136. The van der Waals surface area contributed by atoms with Gasteiger partial charge in [0, 0.05) is 29.4 Å². The third-order valence-corrected chi connectivity index (χ3v) is 6.56. The highest BCUT2D eigenvalue weighted by Crippen LogP contribution is 2.35. The Kier molecular flexibility index (Phi) is 5.46.